The second kappa shape index (κ2) is 66.8. The molecule has 0 radical (unpaired) electrons. The zero-order valence-corrected chi connectivity index (χ0v) is 51.8. The smallest absolute Gasteiger partial charge is 0.306 e. The van der Waals surface area contributed by atoms with Crippen molar-refractivity contribution >= 4 is 17.9 Å². The van der Waals surface area contributed by atoms with E-state index in [4.69, 9.17) is 14.2 Å². The standard InChI is InChI=1S/C74H120O6/c1-4-7-10-13-16-19-22-25-28-31-32-33-34-35-36-37-38-39-40-41-42-44-46-49-52-55-58-61-64-67-73(76)79-70-71(69-78-72(75)66-63-60-57-54-51-48-45-30-27-24-21-18-15-12-9-6-3)80-74(77)68-65-62-59-56-53-50-47-43-29-26-23-20-17-14-11-8-5-2/h7-8,10-11,16-17,19-20,25-26,28-30,32-33,35-36,38-39,41-42,45,47,50,71H,4-6,9,12-15,18,21-24,27,31,34,37,40,43-44,46,48-49,51-70H2,1-3H3/b10-7-,11-8-,19-16-,20-17-,28-25-,29-26-,33-32-,36-35-,39-38-,42-41-,45-30-,50-47-. The first-order valence-electron chi connectivity index (χ1n) is 32.8. The highest BCUT2D eigenvalue weighted by Gasteiger charge is 2.19. The minimum atomic E-state index is -0.807. The first-order chi connectivity index (χ1) is 39.5. The number of ether oxygens (including phenoxy) is 3. The summed E-state index contributed by atoms with van der Waals surface area (Å²) in [6, 6.07) is 0. The van der Waals surface area contributed by atoms with Gasteiger partial charge < -0.3 is 14.2 Å². The molecule has 0 saturated heterocycles. The van der Waals surface area contributed by atoms with Crippen molar-refractivity contribution in [2.75, 3.05) is 13.2 Å². The van der Waals surface area contributed by atoms with Gasteiger partial charge in [0.25, 0.3) is 0 Å². The van der Waals surface area contributed by atoms with Crippen LogP contribution in [-0.4, -0.2) is 37.2 Å². The van der Waals surface area contributed by atoms with Crippen LogP contribution in [0.15, 0.2) is 146 Å². The summed E-state index contributed by atoms with van der Waals surface area (Å²) >= 11 is 0. The maximum atomic E-state index is 12.9. The zero-order chi connectivity index (χ0) is 57.8. The Morgan fingerprint density at radius 1 is 0.263 bits per heavy atom. The molecule has 0 heterocycles. The summed E-state index contributed by atoms with van der Waals surface area (Å²) in [5.41, 5.74) is 0. The van der Waals surface area contributed by atoms with Gasteiger partial charge in [0.05, 0.1) is 0 Å². The van der Waals surface area contributed by atoms with Gasteiger partial charge in [-0.2, -0.15) is 0 Å². The Balaban J connectivity index is 4.41. The van der Waals surface area contributed by atoms with E-state index in [-0.39, 0.29) is 31.1 Å². The zero-order valence-electron chi connectivity index (χ0n) is 51.8. The molecule has 0 bridgehead atoms. The van der Waals surface area contributed by atoms with Gasteiger partial charge in [0, 0.05) is 19.3 Å². The van der Waals surface area contributed by atoms with Crippen LogP contribution >= 0.6 is 0 Å². The number of hydrogen-bond acceptors (Lipinski definition) is 6. The van der Waals surface area contributed by atoms with E-state index < -0.39 is 6.10 Å². The topological polar surface area (TPSA) is 78.9 Å². The first kappa shape index (κ1) is 75.3. The lowest BCUT2D eigenvalue weighted by Gasteiger charge is -2.18. The van der Waals surface area contributed by atoms with Gasteiger partial charge >= 0.3 is 17.9 Å². The molecule has 0 aliphatic heterocycles. The molecule has 80 heavy (non-hydrogen) atoms. The molecule has 0 aromatic carbocycles. The highest BCUT2D eigenvalue weighted by molar-refractivity contribution is 5.71. The second-order valence-corrected chi connectivity index (χ2v) is 21.3. The number of carbonyl (C=O) groups excluding carboxylic acids is 3. The van der Waals surface area contributed by atoms with E-state index in [1.165, 1.54) is 83.5 Å². The van der Waals surface area contributed by atoms with E-state index in [0.717, 1.165) is 161 Å². The fourth-order valence-corrected chi connectivity index (χ4v) is 8.70. The Hall–Kier alpha value is -4.71. The number of allylic oxidation sites excluding steroid dienone is 24. The van der Waals surface area contributed by atoms with Gasteiger partial charge in [0.15, 0.2) is 6.10 Å². The van der Waals surface area contributed by atoms with Crippen molar-refractivity contribution in [2.45, 2.75) is 290 Å². The summed E-state index contributed by atoms with van der Waals surface area (Å²) in [7, 11) is 0. The monoisotopic (exact) mass is 1100 g/mol. The Labute approximate surface area is 493 Å². The quantitative estimate of drug-likeness (QED) is 0.0261. The number of hydrogen-bond donors (Lipinski definition) is 0. The average Bonchev–Trinajstić information content (AvgIpc) is 3.46. The fraction of sp³-hybridized carbons (Fsp3) is 0.635. The van der Waals surface area contributed by atoms with Crippen molar-refractivity contribution in [1.82, 2.24) is 0 Å². The lowest BCUT2D eigenvalue weighted by Crippen LogP contribution is -2.30. The van der Waals surface area contributed by atoms with Crippen molar-refractivity contribution < 1.29 is 28.6 Å². The minimum Gasteiger partial charge on any atom is -0.462 e. The molecule has 0 amide bonds. The van der Waals surface area contributed by atoms with Gasteiger partial charge in [-0.3, -0.25) is 14.4 Å². The predicted octanol–water partition coefficient (Wildman–Crippen LogP) is 22.7. The van der Waals surface area contributed by atoms with Crippen LogP contribution in [0.5, 0.6) is 0 Å². The molecule has 0 saturated carbocycles. The fourth-order valence-electron chi connectivity index (χ4n) is 8.70. The summed E-state index contributed by atoms with van der Waals surface area (Å²) in [6.07, 6.45) is 95.6. The molecule has 1 atom stereocenters. The molecule has 0 fully saturated rings. The molecule has 0 aliphatic carbocycles. The Kier molecular flexibility index (Phi) is 62.9. The van der Waals surface area contributed by atoms with Gasteiger partial charge in [0.1, 0.15) is 13.2 Å². The lowest BCUT2D eigenvalue weighted by atomic mass is 10.1. The van der Waals surface area contributed by atoms with E-state index >= 15 is 0 Å². The maximum Gasteiger partial charge on any atom is 0.306 e. The van der Waals surface area contributed by atoms with Crippen molar-refractivity contribution in [3.05, 3.63) is 146 Å². The van der Waals surface area contributed by atoms with E-state index in [9.17, 15) is 14.4 Å². The maximum absolute atomic E-state index is 12.9. The lowest BCUT2D eigenvalue weighted by molar-refractivity contribution is -0.167. The van der Waals surface area contributed by atoms with Crippen LogP contribution in [0.1, 0.15) is 284 Å². The van der Waals surface area contributed by atoms with Crippen LogP contribution in [0, 0.1) is 0 Å². The Bertz CT molecular complexity index is 1750. The number of carbonyl (C=O) groups is 3. The van der Waals surface area contributed by atoms with Crippen molar-refractivity contribution in [3.8, 4) is 0 Å². The highest BCUT2D eigenvalue weighted by atomic mass is 16.6. The highest BCUT2D eigenvalue weighted by Crippen LogP contribution is 2.15. The Morgan fingerprint density at radius 2 is 0.487 bits per heavy atom. The van der Waals surface area contributed by atoms with Crippen LogP contribution in [0.25, 0.3) is 0 Å². The van der Waals surface area contributed by atoms with Crippen molar-refractivity contribution in [1.29, 1.82) is 0 Å². The largest absolute Gasteiger partial charge is 0.462 e. The molecule has 6 nitrogen and oxygen atoms in total. The normalized spacial score (nSPS) is 13.1. The molecule has 6 heteroatoms. The van der Waals surface area contributed by atoms with E-state index in [2.05, 4.69) is 167 Å². The minimum absolute atomic E-state index is 0.100. The van der Waals surface area contributed by atoms with E-state index in [0.29, 0.717) is 19.3 Å². The second-order valence-electron chi connectivity index (χ2n) is 21.3. The molecule has 0 aromatic heterocycles. The number of rotatable bonds is 58. The van der Waals surface area contributed by atoms with Crippen LogP contribution in [0.4, 0.5) is 0 Å². The molecule has 1 unspecified atom stereocenters. The summed E-state index contributed by atoms with van der Waals surface area (Å²) in [5.74, 6) is -0.942. The Morgan fingerprint density at radius 3 is 0.775 bits per heavy atom. The molecular weight excluding hydrogens is 985 g/mol. The van der Waals surface area contributed by atoms with Crippen LogP contribution < -0.4 is 0 Å². The molecule has 0 aromatic rings. The van der Waals surface area contributed by atoms with Crippen LogP contribution in [-0.2, 0) is 28.6 Å². The molecule has 0 N–H and O–H groups in total. The molecule has 0 aliphatic rings. The van der Waals surface area contributed by atoms with E-state index in [1.54, 1.807) is 0 Å². The van der Waals surface area contributed by atoms with Gasteiger partial charge in [-0.1, -0.05) is 269 Å². The molecular formula is C74H120O6. The third-order valence-electron chi connectivity index (χ3n) is 13.6. The summed E-state index contributed by atoms with van der Waals surface area (Å²) in [5, 5.41) is 0. The van der Waals surface area contributed by atoms with Gasteiger partial charge in [0.2, 0.25) is 0 Å². The van der Waals surface area contributed by atoms with Crippen LogP contribution in [0.2, 0.25) is 0 Å². The molecule has 0 spiro atoms. The SMILES string of the molecule is CC/C=C\C/C=C\C/C=C\C/C=C\C/C=C\C/C=C\C/C=C\CCCCCCCCCC(=O)OCC(COC(=O)CCCCCCC/C=C\CCCCCCCCC)OC(=O)CCCCCC/C=C\C/C=C\C/C=C\C/C=C\CC. The van der Waals surface area contributed by atoms with Crippen LogP contribution in [0.3, 0.4) is 0 Å². The third kappa shape index (κ3) is 64.1. The van der Waals surface area contributed by atoms with E-state index in [1.807, 2.05) is 0 Å². The number of esters is 3. The van der Waals surface area contributed by atoms with Gasteiger partial charge in [-0.15, -0.1) is 0 Å². The molecule has 0 rings (SSSR count). The number of unbranched alkanes of at least 4 members (excludes halogenated alkanes) is 23. The summed E-state index contributed by atoms with van der Waals surface area (Å²) < 4.78 is 16.9. The van der Waals surface area contributed by atoms with Crippen molar-refractivity contribution in [2.24, 2.45) is 0 Å². The summed E-state index contributed by atoms with van der Waals surface area (Å²) in [6.45, 7) is 6.38. The first-order valence-corrected chi connectivity index (χ1v) is 32.8. The van der Waals surface area contributed by atoms with Gasteiger partial charge in [-0.05, 0) is 141 Å². The third-order valence-corrected chi connectivity index (χ3v) is 13.6. The summed E-state index contributed by atoms with van der Waals surface area (Å²) in [4.78, 5) is 38.4. The van der Waals surface area contributed by atoms with Crippen molar-refractivity contribution in [3.63, 3.8) is 0 Å². The molecule has 452 valence electrons. The predicted molar refractivity (Wildman–Crippen MR) is 348 cm³/mol. The average molecular weight is 1110 g/mol. The van der Waals surface area contributed by atoms with Gasteiger partial charge in [-0.25, -0.2) is 0 Å².